The molecular formula is C18H26O11. The van der Waals surface area contributed by atoms with Gasteiger partial charge in [-0.2, -0.15) is 0 Å². The van der Waals surface area contributed by atoms with E-state index in [0.29, 0.717) is 0 Å². The van der Waals surface area contributed by atoms with Crippen molar-refractivity contribution in [2.45, 2.75) is 65.0 Å². The van der Waals surface area contributed by atoms with Crippen molar-refractivity contribution in [3.8, 4) is 0 Å². The third-order valence-electron chi connectivity index (χ3n) is 4.29. The molecule has 164 valence electrons. The lowest BCUT2D eigenvalue weighted by atomic mass is 9.71. The highest BCUT2D eigenvalue weighted by molar-refractivity contribution is 5.69. The maximum absolute atomic E-state index is 11.7. The monoisotopic (exact) mass is 418 g/mol. The molecule has 1 N–H and O–H groups in total. The summed E-state index contributed by atoms with van der Waals surface area (Å²) < 4.78 is 25.5. The van der Waals surface area contributed by atoms with Gasteiger partial charge in [-0.3, -0.25) is 24.0 Å². The number of rotatable bonds is 7. The minimum Gasteiger partial charge on any atom is -0.465 e. The van der Waals surface area contributed by atoms with Crippen molar-refractivity contribution in [2.75, 3.05) is 13.2 Å². The number of ether oxygens (including phenoxy) is 5. The Kier molecular flexibility index (Phi) is 8.56. The van der Waals surface area contributed by atoms with Crippen LogP contribution in [0.4, 0.5) is 0 Å². The Morgan fingerprint density at radius 2 is 1.31 bits per heavy atom. The summed E-state index contributed by atoms with van der Waals surface area (Å²) in [6.07, 6.45) is -4.18. The van der Waals surface area contributed by atoms with Gasteiger partial charge in [0.25, 0.3) is 0 Å². The maximum atomic E-state index is 11.7. The number of esters is 5. The average Bonchev–Trinajstić information content (AvgIpc) is 2.56. The second kappa shape index (κ2) is 10.2. The van der Waals surface area contributed by atoms with Gasteiger partial charge in [-0.15, -0.1) is 0 Å². The zero-order valence-corrected chi connectivity index (χ0v) is 17.0. The number of hydrogen-bond acceptors (Lipinski definition) is 11. The van der Waals surface area contributed by atoms with Crippen molar-refractivity contribution in [3.05, 3.63) is 0 Å². The summed E-state index contributed by atoms with van der Waals surface area (Å²) in [5, 5.41) is 11.4. The lowest BCUT2D eigenvalue weighted by Gasteiger charge is -2.49. The first-order valence-corrected chi connectivity index (χ1v) is 8.87. The van der Waals surface area contributed by atoms with Gasteiger partial charge in [-0.25, -0.2) is 0 Å². The molecule has 0 amide bonds. The molecular weight excluding hydrogens is 392 g/mol. The molecule has 5 atom stereocenters. The lowest BCUT2D eigenvalue weighted by Crippen LogP contribution is -2.67. The lowest BCUT2D eigenvalue weighted by molar-refractivity contribution is -0.253. The van der Waals surface area contributed by atoms with E-state index in [4.69, 9.17) is 23.7 Å². The third kappa shape index (κ3) is 7.00. The standard InChI is InChI=1S/C18H26O11/c1-9(19)25-7-14-6-15(27-11(3)21)16(28-12(4)22)17(29-13(5)23)18(14,24)8-26-10(2)20/h14-17,24H,6-8H2,1-5H3/t14-,15-,16+,17+,18+/m1/s1. The summed E-state index contributed by atoms with van der Waals surface area (Å²) in [6, 6.07) is 0. The van der Waals surface area contributed by atoms with Gasteiger partial charge < -0.3 is 28.8 Å². The summed E-state index contributed by atoms with van der Waals surface area (Å²) >= 11 is 0. The first-order chi connectivity index (χ1) is 13.4. The Hall–Kier alpha value is -2.69. The Bertz CT molecular complexity index is 658. The maximum Gasteiger partial charge on any atom is 0.303 e. The van der Waals surface area contributed by atoms with E-state index in [1.165, 1.54) is 0 Å². The van der Waals surface area contributed by atoms with E-state index in [1.54, 1.807) is 0 Å². The summed E-state index contributed by atoms with van der Waals surface area (Å²) in [6.45, 7) is 4.56. The molecule has 0 aromatic carbocycles. The van der Waals surface area contributed by atoms with Crippen LogP contribution in [-0.2, 0) is 47.7 Å². The molecule has 1 aliphatic carbocycles. The normalized spacial score (nSPS) is 28.6. The van der Waals surface area contributed by atoms with E-state index < -0.39 is 66.3 Å². The molecule has 0 saturated heterocycles. The Morgan fingerprint density at radius 1 is 0.793 bits per heavy atom. The number of carbonyl (C=O) groups excluding carboxylic acids is 5. The van der Waals surface area contributed by atoms with Gasteiger partial charge in [0.15, 0.2) is 12.2 Å². The average molecular weight is 418 g/mol. The quantitative estimate of drug-likeness (QED) is 0.427. The zero-order valence-electron chi connectivity index (χ0n) is 17.0. The van der Waals surface area contributed by atoms with Crippen LogP contribution >= 0.6 is 0 Å². The van der Waals surface area contributed by atoms with Crippen LogP contribution in [0.25, 0.3) is 0 Å². The molecule has 1 saturated carbocycles. The van der Waals surface area contributed by atoms with Gasteiger partial charge in [0.1, 0.15) is 18.3 Å². The van der Waals surface area contributed by atoms with Crippen LogP contribution in [0.2, 0.25) is 0 Å². The molecule has 0 spiro atoms. The van der Waals surface area contributed by atoms with Crippen molar-refractivity contribution in [2.24, 2.45) is 5.92 Å². The highest BCUT2D eigenvalue weighted by Crippen LogP contribution is 2.40. The van der Waals surface area contributed by atoms with Crippen LogP contribution in [0.1, 0.15) is 41.0 Å². The molecule has 0 heterocycles. The molecule has 1 rings (SSSR count). The molecule has 29 heavy (non-hydrogen) atoms. The fourth-order valence-corrected chi connectivity index (χ4v) is 3.18. The smallest absolute Gasteiger partial charge is 0.303 e. The van der Waals surface area contributed by atoms with Crippen LogP contribution in [-0.4, -0.2) is 72.1 Å². The summed E-state index contributed by atoms with van der Waals surface area (Å²) in [5.41, 5.74) is -2.09. The van der Waals surface area contributed by atoms with Crippen molar-refractivity contribution < 1.29 is 52.8 Å². The Labute approximate surface area is 167 Å². The summed E-state index contributed by atoms with van der Waals surface area (Å²) in [4.78, 5) is 57.4. The molecule has 0 unspecified atom stereocenters. The predicted molar refractivity (Wildman–Crippen MR) is 93.0 cm³/mol. The molecule has 0 aromatic rings. The van der Waals surface area contributed by atoms with Gasteiger partial charge in [0.2, 0.25) is 0 Å². The minimum absolute atomic E-state index is 0.125. The van der Waals surface area contributed by atoms with Crippen molar-refractivity contribution >= 4 is 29.8 Å². The molecule has 1 aliphatic rings. The molecule has 11 heteroatoms. The fraction of sp³-hybridized carbons (Fsp3) is 0.722. The van der Waals surface area contributed by atoms with Crippen molar-refractivity contribution in [1.29, 1.82) is 0 Å². The van der Waals surface area contributed by atoms with Gasteiger partial charge in [0.05, 0.1) is 6.61 Å². The van der Waals surface area contributed by atoms with Gasteiger partial charge >= 0.3 is 29.8 Å². The summed E-state index contributed by atoms with van der Waals surface area (Å²) in [5.74, 6) is -4.66. The zero-order chi connectivity index (χ0) is 22.4. The van der Waals surface area contributed by atoms with Crippen LogP contribution in [0, 0.1) is 5.92 Å². The second-order valence-electron chi connectivity index (χ2n) is 6.76. The fourth-order valence-electron chi connectivity index (χ4n) is 3.18. The van der Waals surface area contributed by atoms with Gasteiger partial charge in [0, 0.05) is 40.5 Å². The summed E-state index contributed by atoms with van der Waals surface area (Å²) in [7, 11) is 0. The van der Waals surface area contributed by atoms with Crippen molar-refractivity contribution in [3.63, 3.8) is 0 Å². The van der Waals surface area contributed by atoms with Crippen LogP contribution in [0.5, 0.6) is 0 Å². The molecule has 0 radical (unpaired) electrons. The van der Waals surface area contributed by atoms with Crippen molar-refractivity contribution in [1.82, 2.24) is 0 Å². The first-order valence-electron chi connectivity index (χ1n) is 8.87. The number of hydrogen-bond donors (Lipinski definition) is 1. The SMILES string of the molecule is CC(=O)OC[C@H]1C[C@@H](OC(C)=O)[C@H](OC(C)=O)[C@H](OC(C)=O)[C@]1(O)COC(C)=O. The van der Waals surface area contributed by atoms with E-state index in [9.17, 15) is 29.1 Å². The minimum atomic E-state index is -2.09. The molecule has 0 bridgehead atoms. The Balaban J connectivity index is 3.43. The van der Waals surface area contributed by atoms with Gasteiger partial charge in [-0.1, -0.05) is 0 Å². The highest BCUT2D eigenvalue weighted by Gasteiger charge is 2.60. The first kappa shape index (κ1) is 24.3. The van der Waals surface area contributed by atoms with Gasteiger partial charge in [-0.05, 0) is 6.42 Å². The number of carbonyl (C=O) groups is 5. The van der Waals surface area contributed by atoms with Crippen LogP contribution < -0.4 is 0 Å². The van der Waals surface area contributed by atoms with E-state index in [1.807, 2.05) is 0 Å². The Morgan fingerprint density at radius 3 is 1.76 bits per heavy atom. The highest BCUT2D eigenvalue weighted by atomic mass is 16.6. The van der Waals surface area contributed by atoms with Crippen LogP contribution in [0.3, 0.4) is 0 Å². The van der Waals surface area contributed by atoms with E-state index in [0.717, 1.165) is 34.6 Å². The van der Waals surface area contributed by atoms with E-state index >= 15 is 0 Å². The molecule has 1 fully saturated rings. The third-order valence-corrected chi connectivity index (χ3v) is 4.29. The second-order valence-corrected chi connectivity index (χ2v) is 6.76. The van der Waals surface area contributed by atoms with Crippen LogP contribution in [0.15, 0.2) is 0 Å². The predicted octanol–water partition coefficient (Wildman–Crippen LogP) is -0.341. The van der Waals surface area contributed by atoms with E-state index in [-0.39, 0.29) is 13.0 Å². The largest absolute Gasteiger partial charge is 0.465 e. The van der Waals surface area contributed by atoms with E-state index in [2.05, 4.69) is 0 Å². The number of aliphatic hydroxyl groups is 1. The molecule has 0 aliphatic heterocycles. The molecule has 0 aromatic heterocycles. The topological polar surface area (TPSA) is 152 Å². The molecule has 11 nitrogen and oxygen atoms in total.